The zero-order chi connectivity index (χ0) is 15.9. The Kier molecular flexibility index (Phi) is 3.45. The van der Waals surface area contributed by atoms with E-state index in [9.17, 15) is 14.4 Å². The van der Waals surface area contributed by atoms with Gasteiger partial charge >= 0.3 is 18.0 Å². The molecule has 0 aliphatic carbocycles. The number of ether oxygens (including phenoxy) is 1. The number of carbonyl (C=O) groups excluding carboxylic acids is 2. The molecule has 1 N–H and O–H groups in total. The molecule has 0 spiro atoms. The maximum absolute atomic E-state index is 12.4. The summed E-state index contributed by atoms with van der Waals surface area (Å²) in [6.07, 6.45) is 0. The van der Waals surface area contributed by atoms with Crippen LogP contribution in [0.2, 0.25) is 0 Å². The number of esters is 1. The lowest BCUT2D eigenvalue weighted by Gasteiger charge is -2.30. The van der Waals surface area contributed by atoms with Crippen LogP contribution in [0.3, 0.4) is 0 Å². The Morgan fingerprint density at radius 3 is 2.64 bits per heavy atom. The van der Waals surface area contributed by atoms with E-state index < -0.39 is 36.7 Å². The van der Waals surface area contributed by atoms with Gasteiger partial charge < -0.3 is 14.7 Å². The Balaban J connectivity index is 2.00. The second-order valence-corrected chi connectivity index (χ2v) is 5.00. The van der Waals surface area contributed by atoms with Gasteiger partial charge in [0, 0.05) is 0 Å². The predicted octanol–water partition coefficient (Wildman–Crippen LogP) is 0.709. The van der Waals surface area contributed by atoms with E-state index in [4.69, 9.17) is 14.7 Å². The summed E-state index contributed by atoms with van der Waals surface area (Å²) < 4.78 is 4.79. The normalized spacial score (nSPS) is 22.5. The number of aliphatic carboxylic acids is 1. The zero-order valence-corrected chi connectivity index (χ0v) is 11.8. The van der Waals surface area contributed by atoms with Crippen LogP contribution in [-0.4, -0.2) is 53.3 Å². The molecule has 2 amide bonds. The van der Waals surface area contributed by atoms with E-state index in [-0.39, 0.29) is 6.54 Å². The molecule has 2 aliphatic heterocycles. The third kappa shape index (κ3) is 2.08. The van der Waals surface area contributed by atoms with Crippen LogP contribution in [0.15, 0.2) is 24.3 Å². The molecule has 1 aromatic carbocycles. The van der Waals surface area contributed by atoms with E-state index >= 15 is 0 Å². The predicted molar refractivity (Wildman–Crippen MR) is 71.5 cm³/mol. The first-order valence-electron chi connectivity index (χ1n) is 6.65. The first-order valence-corrected chi connectivity index (χ1v) is 6.65. The van der Waals surface area contributed by atoms with Crippen LogP contribution in [0.1, 0.15) is 23.2 Å². The number of fused-ring (bicyclic) bond motifs is 4. The van der Waals surface area contributed by atoms with Crippen molar-refractivity contribution in [2.45, 2.75) is 12.1 Å². The van der Waals surface area contributed by atoms with Crippen molar-refractivity contribution >= 4 is 18.0 Å². The number of carboxylic acid groups (broad SMARTS) is 1. The summed E-state index contributed by atoms with van der Waals surface area (Å²) in [7, 11) is 1.26. The molecule has 8 nitrogen and oxygen atoms in total. The number of carbonyl (C=O) groups is 3. The third-order valence-electron chi connectivity index (χ3n) is 3.80. The Labute approximate surface area is 125 Å². The molecule has 0 aromatic heterocycles. The van der Waals surface area contributed by atoms with Crippen LogP contribution in [-0.2, 0) is 19.2 Å². The van der Waals surface area contributed by atoms with Gasteiger partial charge in [-0.2, -0.15) is 5.06 Å². The fraction of sp³-hybridized carbons (Fsp3) is 0.357. The summed E-state index contributed by atoms with van der Waals surface area (Å²) in [6, 6.07) is 5.28. The van der Waals surface area contributed by atoms with Crippen molar-refractivity contribution in [3.05, 3.63) is 35.4 Å². The summed E-state index contributed by atoms with van der Waals surface area (Å²) in [5.74, 6) is -1.72. The minimum Gasteiger partial charge on any atom is -0.479 e. The number of rotatable bonds is 4. The van der Waals surface area contributed by atoms with E-state index in [1.54, 1.807) is 24.3 Å². The van der Waals surface area contributed by atoms with Gasteiger partial charge in [-0.15, -0.1) is 0 Å². The first kappa shape index (κ1) is 14.3. The number of hydrogen-bond acceptors (Lipinski definition) is 5. The Bertz CT molecular complexity index is 646. The van der Waals surface area contributed by atoms with Gasteiger partial charge in [0.2, 0.25) is 0 Å². The average molecular weight is 306 g/mol. The van der Waals surface area contributed by atoms with Crippen LogP contribution < -0.4 is 0 Å². The molecule has 1 saturated heterocycles. The summed E-state index contributed by atoms with van der Waals surface area (Å²) in [5, 5.41) is 9.75. The fourth-order valence-electron chi connectivity index (χ4n) is 2.91. The van der Waals surface area contributed by atoms with Crippen molar-refractivity contribution in [2.75, 3.05) is 20.3 Å². The fourth-order valence-corrected chi connectivity index (χ4v) is 2.91. The van der Waals surface area contributed by atoms with Crippen molar-refractivity contribution in [1.29, 1.82) is 0 Å². The molecule has 22 heavy (non-hydrogen) atoms. The largest absolute Gasteiger partial charge is 0.479 e. The molecule has 3 rings (SSSR count). The highest BCUT2D eigenvalue weighted by Gasteiger charge is 2.51. The third-order valence-corrected chi connectivity index (χ3v) is 3.80. The van der Waals surface area contributed by atoms with Gasteiger partial charge in [-0.1, -0.05) is 24.3 Å². The molecule has 2 aliphatic rings. The topological polar surface area (TPSA) is 96.4 Å². The number of benzene rings is 1. The quantitative estimate of drug-likeness (QED) is 0.823. The second kappa shape index (κ2) is 5.30. The molecular weight excluding hydrogens is 292 g/mol. The Morgan fingerprint density at radius 2 is 2.00 bits per heavy atom. The molecule has 2 heterocycles. The minimum absolute atomic E-state index is 0.245. The molecule has 1 fully saturated rings. The van der Waals surface area contributed by atoms with Crippen molar-refractivity contribution in [3.63, 3.8) is 0 Å². The standard InChI is InChI=1S/C14H14N2O6/c1-21-13(19)12-9-5-3-2-4-8(9)10-6-15(12)14(20)16(10)22-7-11(17)18/h2-5,10,12H,6-7H2,1H3,(H,17,18)/t10-,12+/m0/s1. The SMILES string of the molecule is COC(=O)[C@H]1c2ccccc2[C@@H]2CN1C(=O)N2OCC(=O)O. The molecule has 2 bridgehead atoms. The summed E-state index contributed by atoms with van der Waals surface area (Å²) in [4.78, 5) is 41.6. The lowest BCUT2D eigenvalue weighted by Crippen LogP contribution is -2.39. The van der Waals surface area contributed by atoms with Gasteiger partial charge in [0.25, 0.3) is 0 Å². The van der Waals surface area contributed by atoms with Crippen molar-refractivity contribution in [3.8, 4) is 0 Å². The molecule has 0 saturated carbocycles. The van der Waals surface area contributed by atoms with Crippen LogP contribution in [0.25, 0.3) is 0 Å². The van der Waals surface area contributed by atoms with Gasteiger partial charge in [0.15, 0.2) is 12.6 Å². The van der Waals surface area contributed by atoms with Crippen molar-refractivity contribution in [2.24, 2.45) is 0 Å². The molecular formula is C14H14N2O6. The van der Waals surface area contributed by atoms with E-state index in [1.807, 2.05) is 0 Å². The van der Waals surface area contributed by atoms with Gasteiger partial charge in [0.05, 0.1) is 13.7 Å². The molecule has 1 aromatic rings. The van der Waals surface area contributed by atoms with Crippen molar-refractivity contribution < 1.29 is 29.1 Å². The number of amides is 2. The lowest BCUT2D eigenvalue weighted by molar-refractivity contribution is -0.167. The average Bonchev–Trinajstić information content (AvgIpc) is 2.79. The smallest absolute Gasteiger partial charge is 0.345 e. The van der Waals surface area contributed by atoms with Crippen LogP contribution in [0.4, 0.5) is 4.79 Å². The zero-order valence-electron chi connectivity index (χ0n) is 11.8. The van der Waals surface area contributed by atoms with E-state index in [0.29, 0.717) is 5.56 Å². The van der Waals surface area contributed by atoms with Gasteiger partial charge in [-0.3, -0.25) is 4.84 Å². The summed E-state index contributed by atoms with van der Waals surface area (Å²) >= 11 is 0. The summed E-state index contributed by atoms with van der Waals surface area (Å²) in [6.45, 7) is -0.379. The first-order chi connectivity index (χ1) is 10.5. The molecule has 8 heteroatoms. The number of hydroxylamine groups is 2. The molecule has 0 radical (unpaired) electrons. The maximum Gasteiger partial charge on any atom is 0.345 e. The van der Waals surface area contributed by atoms with Crippen LogP contribution in [0, 0.1) is 0 Å². The molecule has 2 atom stereocenters. The maximum atomic E-state index is 12.4. The highest BCUT2D eigenvalue weighted by atomic mass is 16.7. The lowest BCUT2D eigenvalue weighted by atomic mass is 9.91. The molecule has 116 valence electrons. The van der Waals surface area contributed by atoms with E-state index in [0.717, 1.165) is 10.6 Å². The van der Waals surface area contributed by atoms with Gasteiger partial charge in [-0.05, 0) is 11.1 Å². The van der Waals surface area contributed by atoms with Crippen molar-refractivity contribution in [1.82, 2.24) is 9.96 Å². The van der Waals surface area contributed by atoms with Crippen LogP contribution >= 0.6 is 0 Å². The van der Waals surface area contributed by atoms with Gasteiger partial charge in [0.1, 0.15) is 6.04 Å². The minimum atomic E-state index is -1.18. The number of urea groups is 1. The number of carboxylic acids is 1. The monoisotopic (exact) mass is 306 g/mol. The summed E-state index contributed by atoms with van der Waals surface area (Å²) in [5.41, 5.74) is 1.42. The number of nitrogens with zero attached hydrogens (tertiary/aromatic N) is 2. The van der Waals surface area contributed by atoms with Gasteiger partial charge in [-0.25, -0.2) is 14.4 Å². The number of methoxy groups -OCH3 is 1. The Morgan fingerprint density at radius 1 is 1.32 bits per heavy atom. The highest BCUT2D eigenvalue weighted by molar-refractivity contribution is 5.88. The van der Waals surface area contributed by atoms with E-state index in [1.165, 1.54) is 12.0 Å². The second-order valence-electron chi connectivity index (χ2n) is 5.00. The Hall–Kier alpha value is -2.61. The molecule has 0 unspecified atom stereocenters. The number of hydrogen-bond donors (Lipinski definition) is 1. The highest BCUT2D eigenvalue weighted by Crippen LogP contribution is 2.44. The van der Waals surface area contributed by atoms with Crippen LogP contribution in [0.5, 0.6) is 0 Å². The van der Waals surface area contributed by atoms with E-state index in [2.05, 4.69) is 0 Å².